The zero-order valence-electron chi connectivity index (χ0n) is 11.3. The second kappa shape index (κ2) is 5.13. The number of H-pyrrole nitrogens is 1. The Morgan fingerprint density at radius 3 is 2.43 bits per heavy atom. The van der Waals surface area contributed by atoms with Crippen molar-refractivity contribution in [3.05, 3.63) is 41.2 Å². The summed E-state index contributed by atoms with van der Waals surface area (Å²) in [7, 11) is -3.90. The van der Waals surface area contributed by atoms with E-state index in [4.69, 9.17) is 5.11 Å². The zero-order chi connectivity index (χ0) is 15.8. The molecular formula is C13H14N2O5S. The van der Waals surface area contributed by atoms with Gasteiger partial charge in [0.2, 0.25) is 0 Å². The van der Waals surface area contributed by atoms with E-state index in [0.717, 1.165) is 12.3 Å². The smallest absolute Gasteiger partial charge is 0.352 e. The Kier molecular flexibility index (Phi) is 3.65. The second-order valence-corrected chi connectivity index (χ2v) is 6.30. The molecule has 0 bridgehead atoms. The topological polar surface area (TPSA) is 119 Å². The SMILES string of the molecule is Cc1cc(NS(=O)(=O)c2c[nH]c(C(=O)O)c2)c(C)cc1O. The molecule has 0 unspecified atom stereocenters. The van der Waals surface area contributed by atoms with Gasteiger partial charge in [0.25, 0.3) is 10.0 Å². The number of aromatic hydroxyl groups is 1. The van der Waals surface area contributed by atoms with Gasteiger partial charge in [-0.2, -0.15) is 0 Å². The number of rotatable bonds is 4. The molecule has 0 saturated heterocycles. The van der Waals surface area contributed by atoms with Crippen LogP contribution in [0.2, 0.25) is 0 Å². The van der Waals surface area contributed by atoms with Gasteiger partial charge in [-0.1, -0.05) is 0 Å². The van der Waals surface area contributed by atoms with Gasteiger partial charge in [-0.25, -0.2) is 13.2 Å². The number of phenolic OH excluding ortho intramolecular Hbond substituents is 1. The molecule has 112 valence electrons. The lowest BCUT2D eigenvalue weighted by Crippen LogP contribution is -2.13. The summed E-state index contributed by atoms with van der Waals surface area (Å²) in [6.07, 6.45) is 1.11. The van der Waals surface area contributed by atoms with E-state index in [1.54, 1.807) is 13.8 Å². The molecule has 2 aromatic rings. The Bertz CT molecular complexity index is 808. The molecule has 1 aromatic heterocycles. The van der Waals surface area contributed by atoms with E-state index >= 15 is 0 Å². The maximum atomic E-state index is 12.2. The first-order valence-electron chi connectivity index (χ1n) is 5.95. The highest BCUT2D eigenvalue weighted by atomic mass is 32.2. The van der Waals surface area contributed by atoms with Crippen molar-refractivity contribution in [3.8, 4) is 5.75 Å². The summed E-state index contributed by atoms with van der Waals surface area (Å²) in [5.74, 6) is -1.17. The highest BCUT2D eigenvalue weighted by Crippen LogP contribution is 2.27. The first kappa shape index (κ1) is 14.9. The number of phenols is 1. The summed E-state index contributed by atoms with van der Waals surface area (Å²) < 4.78 is 26.8. The molecule has 0 aliphatic carbocycles. The summed E-state index contributed by atoms with van der Waals surface area (Å²) in [4.78, 5) is 13.0. The standard InChI is InChI=1S/C13H14N2O5S/c1-7-4-12(16)8(2)3-10(7)15-21(19,20)9-5-11(13(17)18)14-6-9/h3-6,14-16H,1-2H3,(H,17,18). The summed E-state index contributed by atoms with van der Waals surface area (Å²) in [5.41, 5.74) is 1.19. The minimum atomic E-state index is -3.90. The Balaban J connectivity index is 2.37. The van der Waals surface area contributed by atoms with Gasteiger partial charge >= 0.3 is 5.97 Å². The number of nitrogens with one attached hydrogen (secondary N) is 2. The normalized spacial score (nSPS) is 11.3. The largest absolute Gasteiger partial charge is 0.508 e. The van der Waals surface area contributed by atoms with Crippen LogP contribution in [0.3, 0.4) is 0 Å². The molecule has 4 N–H and O–H groups in total. The van der Waals surface area contributed by atoms with Gasteiger partial charge < -0.3 is 15.2 Å². The molecule has 1 aromatic carbocycles. The number of sulfonamides is 1. The van der Waals surface area contributed by atoms with Gasteiger partial charge in [0.15, 0.2) is 0 Å². The molecule has 0 saturated carbocycles. The van der Waals surface area contributed by atoms with Crippen LogP contribution in [-0.2, 0) is 10.0 Å². The molecule has 1 heterocycles. The first-order valence-corrected chi connectivity index (χ1v) is 7.44. The molecule has 0 spiro atoms. The highest BCUT2D eigenvalue weighted by molar-refractivity contribution is 7.92. The Morgan fingerprint density at radius 1 is 1.19 bits per heavy atom. The molecule has 0 fully saturated rings. The number of carboxylic acids is 1. The predicted octanol–water partition coefficient (Wildman–Crippen LogP) is 1.84. The van der Waals surface area contributed by atoms with Crippen LogP contribution in [0, 0.1) is 13.8 Å². The number of anilines is 1. The number of aryl methyl sites for hydroxylation is 2. The van der Waals surface area contributed by atoms with Crippen LogP contribution in [0.25, 0.3) is 0 Å². The third kappa shape index (κ3) is 3.00. The van der Waals surface area contributed by atoms with Gasteiger partial charge in [0.1, 0.15) is 16.3 Å². The van der Waals surface area contributed by atoms with Crippen LogP contribution in [0.5, 0.6) is 5.75 Å². The van der Waals surface area contributed by atoms with Crippen LogP contribution in [0.4, 0.5) is 5.69 Å². The lowest BCUT2D eigenvalue weighted by molar-refractivity contribution is 0.0691. The Labute approximate surface area is 121 Å². The summed E-state index contributed by atoms with van der Waals surface area (Å²) in [6.45, 7) is 3.29. The number of aromatic nitrogens is 1. The van der Waals surface area contributed by atoms with E-state index in [9.17, 15) is 18.3 Å². The lowest BCUT2D eigenvalue weighted by Gasteiger charge is -2.11. The second-order valence-electron chi connectivity index (χ2n) is 4.61. The number of hydrogen-bond donors (Lipinski definition) is 4. The van der Waals surface area contributed by atoms with Crippen molar-refractivity contribution in [3.63, 3.8) is 0 Å². The number of benzene rings is 1. The average molecular weight is 310 g/mol. The molecule has 0 amide bonds. The number of hydrogen-bond acceptors (Lipinski definition) is 4. The lowest BCUT2D eigenvalue weighted by atomic mass is 10.1. The molecule has 0 aliphatic rings. The average Bonchev–Trinajstić information content (AvgIpc) is 2.86. The molecule has 21 heavy (non-hydrogen) atoms. The fraction of sp³-hybridized carbons (Fsp3) is 0.154. The maximum absolute atomic E-state index is 12.2. The van der Waals surface area contributed by atoms with Crippen molar-refractivity contribution in [1.29, 1.82) is 0 Å². The van der Waals surface area contributed by atoms with Crippen LogP contribution < -0.4 is 4.72 Å². The van der Waals surface area contributed by atoms with Gasteiger partial charge in [0, 0.05) is 6.20 Å². The van der Waals surface area contributed by atoms with Crippen molar-refractivity contribution in [2.24, 2.45) is 0 Å². The number of carboxylic acid groups (broad SMARTS) is 1. The van der Waals surface area contributed by atoms with Crippen molar-refractivity contribution < 1.29 is 23.4 Å². The van der Waals surface area contributed by atoms with E-state index < -0.39 is 16.0 Å². The summed E-state index contributed by atoms with van der Waals surface area (Å²) in [5, 5.41) is 18.3. The highest BCUT2D eigenvalue weighted by Gasteiger charge is 2.19. The number of aromatic carboxylic acids is 1. The van der Waals surface area contributed by atoms with Gasteiger partial charge in [0.05, 0.1) is 5.69 Å². The Morgan fingerprint density at radius 2 is 1.86 bits per heavy atom. The summed E-state index contributed by atoms with van der Waals surface area (Å²) >= 11 is 0. The molecule has 0 atom stereocenters. The number of aromatic amines is 1. The molecule has 8 heteroatoms. The summed E-state index contributed by atoms with van der Waals surface area (Å²) in [6, 6.07) is 3.99. The minimum Gasteiger partial charge on any atom is -0.508 e. The third-order valence-corrected chi connectivity index (χ3v) is 4.33. The van der Waals surface area contributed by atoms with Crippen LogP contribution in [0.15, 0.2) is 29.3 Å². The van der Waals surface area contributed by atoms with E-state index in [0.29, 0.717) is 16.8 Å². The fourth-order valence-corrected chi connectivity index (χ4v) is 2.88. The van der Waals surface area contributed by atoms with Crippen LogP contribution in [-0.4, -0.2) is 29.6 Å². The molecule has 7 nitrogen and oxygen atoms in total. The quantitative estimate of drug-likeness (QED) is 0.642. The van der Waals surface area contributed by atoms with Gasteiger partial charge in [-0.3, -0.25) is 4.72 Å². The van der Waals surface area contributed by atoms with Gasteiger partial charge in [-0.15, -0.1) is 0 Å². The van der Waals surface area contributed by atoms with Crippen LogP contribution in [0.1, 0.15) is 21.6 Å². The van der Waals surface area contributed by atoms with Crippen molar-refractivity contribution in [1.82, 2.24) is 4.98 Å². The molecule has 0 aliphatic heterocycles. The van der Waals surface area contributed by atoms with E-state index in [1.165, 1.54) is 12.1 Å². The van der Waals surface area contributed by atoms with E-state index in [-0.39, 0.29) is 16.3 Å². The predicted molar refractivity (Wildman–Crippen MR) is 76.1 cm³/mol. The molecule has 2 rings (SSSR count). The van der Waals surface area contributed by atoms with E-state index in [1.807, 2.05) is 0 Å². The minimum absolute atomic E-state index is 0.0743. The van der Waals surface area contributed by atoms with Crippen molar-refractivity contribution >= 4 is 21.7 Å². The Hall–Kier alpha value is -2.48. The number of carbonyl (C=O) groups is 1. The van der Waals surface area contributed by atoms with Crippen LogP contribution >= 0.6 is 0 Å². The molecule has 0 radical (unpaired) electrons. The van der Waals surface area contributed by atoms with Crippen molar-refractivity contribution in [2.45, 2.75) is 18.7 Å². The first-order chi connectivity index (χ1) is 9.70. The monoisotopic (exact) mass is 310 g/mol. The van der Waals surface area contributed by atoms with Crippen molar-refractivity contribution in [2.75, 3.05) is 4.72 Å². The van der Waals surface area contributed by atoms with E-state index in [2.05, 4.69) is 9.71 Å². The van der Waals surface area contributed by atoms with Gasteiger partial charge in [-0.05, 0) is 43.2 Å². The third-order valence-electron chi connectivity index (χ3n) is 2.98. The maximum Gasteiger partial charge on any atom is 0.352 e. The zero-order valence-corrected chi connectivity index (χ0v) is 12.2. The fourth-order valence-electron chi connectivity index (χ4n) is 1.77. The molecular weight excluding hydrogens is 296 g/mol.